The highest BCUT2D eigenvalue weighted by Gasteiger charge is 2.18. The first-order valence-electron chi connectivity index (χ1n) is 7.28. The monoisotopic (exact) mass is 303 g/mol. The maximum Gasteiger partial charge on any atom is 0.341 e. The Morgan fingerprint density at radius 1 is 1.29 bits per heavy atom. The molecule has 0 amide bonds. The molecule has 0 saturated carbocycles. The first-order valence-corrected chi connectivity index (χ1v) is 8.10. The van der Waals surface area contributed by atoms with Crippen LogP contribution in [0.5, 0.6) is 0 Å². The van der Waals surface area contributed by atoms with E-state index in [1.54, 1.807) is 11.3 Å². The molecule has 0 fully saturated rings. The van der Waals surface area contributed by atoms with Gasteiger partial charge in [-0.25, -0.2) is 4.79 Å². The predicted molar refractivity (Wildman–Crippen MR) is 89.1 cm³/mol. The van der Waals surface area contributed by atoms with Gasteiger partial charge in [-0.2, -0.15) is 0 Å². The van der Waals surface area contributed by atoms with E-state index in [1.807, 2.05) is 43.3 Å². The second kappa shape index (κ2) is 7.27. The van der Waals surface area contributed by atoms with Crippen molar-refractivity contribution >= 4 is 22.3 Å². The summed E-state index contributed by atoms with van der Waals surface area (Å²) in [6.45, 7) is 6.44. The first kappa shape index (κ1) is 15.6. The predicted octanol–water partition coefficient (Wildman–Crippen LogP) is 4.80. The van der Waals surface area contributed by atoms with Crippen LogP contribution in [0.15, 0.2) is 36.4 Å². The van der Waals surface area contributed by atoms with Gasteiger partial charge in [-0.1, -0.05) is 37.3 Å². The normalized spacial score (nSPS) is 12.0. The summed E-state index contributed by atoms with van der Waals surface area (Å²) < 4.78 is 5.16. The molecule has 1 atom stereocenters. The molecule has 3 nitrogen and oxygen atoms in total. The Hall–Kier alpha value is -1.81. The Balaban J connectivity index is 2.37. The number of ether oxygens (including phenoxy) is 1. The van der Waals surface area contributed by atoms with Crippen LogP contribution in [0.4, 0.5) is 5.00 Å². The number of hydrogen-bond donors (Lipinski definition) is 1. The van der Waals surface area contributed by atoms with Gasteiger partial charge in [-0.05, 0) is 31.9 Å². The summed E-state index contributed by atoms with van der Waals surface area (Å²) in [5, 5.41) is 4.30. The van der Waals surface area contributed by atoms with Crippen molar-refractivity contribution in [1.29, 1.82) is 0 Å². The van der Waals surface area contributed by atoms with E-state index in [9.17, 15) is 4.79 Å². The minimum absolute atomic E-state index is 0.262. The van der Waals surface area contributed by atoms with Gasteiger partial charge in [0.05, 0.1) is 12.2 Å². The molecule has 1 aromatic carbocycles. The van der Waals surface area contributed by atoms with Crippen LogP contribution in [0, 0.1) is 0 Å². The average molecular weight is 303 g/mol. The number of benzene rings is 1. The van der Waals surface area contributed by atoms with Gasteiger partial charge in [0.2, 0.25) is 0 Å². The van der Waals surface area contributed by atoms with E-state index in [-0.39, 0.29) is 5.97 Å². The molecule has 0 aliphatic heterocycles. The van der Waals surface area contributed by atoms with Gasteiger partial charge in [0.15, 0.2) is 0 Å². The Kier molecular flexibility index (Phi) is 5.39. The van der Waals surface area contributed by atoms with Crippen LogP contribution in [-0.4, -0.2) is 18.6 Å². The molecule has 21 heavy (non-hydrogen) atoms. The van der Waals surface area contributed by atoms with Gasteiger partial charge in [-0.15, -0.1) is 11.3 Å². The number of thiophene rings is 1. The number of carbonyl (C=O) groups excluding carboxylic acids is 1. The van der Waals surface area contributed by atoms with E-state index in [0.29, 0.717) is 18.2 Å². The van der Waals surface area contributed by atoms with Crippen molar-refractivity contribution in [3.05, 3.63) is 42.0 Å². The maximum absolute atomic E-state index is 12.1. The summed E-state index contributed by atoms with van der Waals surface area (Å²) in [6.07, 6.45) is 1.00. The summed E-state index contributed by atoms with van der Waals surface area (Å²) >= 11 is 1.60. The lowest BCUT2D eigenvalue weighted by Gasteiger charge is -2.12. The third-order valence-electron chi connectivity index (χ3n) is 3.28. The van der Waals surface area contributed by atoms with Crippen molar-refractivity contribution in [2.75, 3.05) is 11.9 Å². The molecule has 4 heteroatoms. The molecule has 0 aliphatic rings. The molecule has 0 spiro atoms. The standard InChI is InChI=1S/C17H21NO2S/c1-4-12(3)18-16-14(17(19)20-5-2)11-15(21-16)13-9-7-6-8-10-13/h6-12,18H,4-5H2,1-3H3. The van der Waals surface area contributed by atoms with Crippen LogP contribution in [0.3, 0.4) is 0 Å². The van der Waals surface area contributed by atoms with Gasteiger partial charge in [0.1, 0.15) is 5.00 Å². The fraction of sp³-hybridized carbons (Fsp3) is 0.353. The number of anilines is 1. The minimum Gasteiger partial charge on any atom is -0.462 e. The Labute approximate surface area is 130 Å². The summed E-state index contributed by atoms with van der Waals surface area (Å²) in [5.41, 5.74) is 1.74. The zero-order valence-electron chi connectivity index (χ0n) is 12.7. The lowest BCUT2D eigenvalue weighted by atomic mass is 10.1. The van der Waals surface area contributed by atoms with Crippen LogP contribution in [0.2, 0.25) is 0 Å². The van der Waals surface area contributed by atoms with Crippen molar-refractivity contribution in [2.45, 2.75) is 33.2 Å². The maximum atomic E-state index is 12.1. The van der Waals surface area contributed by atoms with Crippen LogP contribution in [0.25, 0.3) is 10.4 Å². The molecule has 2 rings (SSSR count). The fourth-order valence-electron chi connectivity index (χ4n) is 1.93. The van der Waals surface area contributed by atoms with Gasteiger partial charge in [-0.3, -0.25) is 0 Å². The average Bonchev–Trinajstić information content (AvgIpc) is 2.92. The van der Waals surface area contributed by atoms with Crippen LogP contribution < -0.4 is 5.32 Å². The molecule has 0 bridgehead atoms. The number of esters is 1. The summed E-state index contributed by atoms with van der Waals surface area (Å²) in [4.78, 5) is 13.2. The molecule has 112 valence electrons. The molecule has 1 unspecified atom stereocenters. The third-order valence-corrected chi connectivity index (χ3v) is 4.39. The van der Waals surface area contributed by atoms with Gasteiger partial charge in [0.25, 0.3) is 0 Å². The lowest BCUT2D eigenvalue weighted by Crippen LogP contribution is -2.15. The van der Waals surface area contributed by atoms with Crippen LogP contribution in [0.1, 0.15) is 37.6 Å². The minimum atomic E-state index is -0.262. The Morgan fingerprint density at radius 3 is 2.62 bits per heavy atom. The molecule has 1 heterocycles. The zero-order chi connectivity index (χ0) is 15.2. The number of hydrogen-bond acceptors (Lipinski definition) is 4. The van der Waals surface area contributed by atoms with E-state index in [0.717, 1.165) is 21.9 Å². The molecule has 0 saturated heterocycles. The fourth-order valence-corrected chi connectivity index (χ4v) is 3.09. The molecule has 1 N–H and O–H groups in total. The number of nitrogens with one attached hydrogen (secondary N) is 1. The lowest BCUT2D eigenvalue weighted by molar-refractivity contribution is 0.0528. The Bertz CT molecular complexity index is 592. The topological polar surface area (TPSA) is 38.3 Å². The number of rotatable bonds is 6. The van der Waals surface area contributed by atoms with Gasteiger partial charge >= 0.3 is 5.97 Å². The van der Waals surface area contributed by atoms with Gasteiger partial charge < -0.3 is 10.1 Å². The van der Waals surface area contributed by atoms with E-state index in [4.69, 9.17) is 4.74 Å². The highest BCUT2D eigenvalue weighted by molar-refractivity contribution is 7.19. The molecule has 1 aromatic heterocycles. The van der Waals surface area contributed by atoms with Crippen molar-refractivity contribution in [2.24, 2.45) is 0 Å². The van der Waals surface area contributed by atoms with Crippen LogP contribution in [-0.2, 0) is 4.74 Å². The summed E-state index contributed by atoms with van der Waals surface area (Å²) in [7, 11) is 0. The quantitative estimate of drug-likeness (QED) is 0.779. The van der Waals surface area contributed by atoms with Gasteiger partial charge in [0, 0.05) is 10.9 Å². The molecule has 0 radical (unpaired) electrons. The first-order chi connectivity index (χ1) is 10.2. The highest BCUT2D eigenvalue weighted by Crippen LogP contribution is 2.36. The zero-order valence-corrected chi connectivity index (χ0v) is 13.5. The highest BCUT2D eigenvalue weighted by atomic mass is 32.1. The molecule has 0 aliphatic carbocycles. The van der Waals surface area contributed by atoms with Crippen molar-refractivity contribution in [3.63, 3.8) is 0 Å². The van der Waals surface area contributed by atoms with E-state index < -0.39 is 0 Å². The molecule has 2 aromatic rings. The molecular formula is C17H21NO2S. The smallest absolute Gasteiger partial charge is 0.341 e. The van der Waals surface area contributed by atoms with Crippen LogP contribution >= 0.6 is 11.3 Å². The SMILES string of the molecule is CCOC(=O)c1cc(-c2ccccc2)sc1NC(C)CC. The van der Waals surface area contributed by atoms with Crippen molar-refractivity contribution < 1.29 is 9.53 Å². The third kappa shape index (κ3) is 3.85. The second-order valence-electron chi connectivity index (χ2n) is 4.89. The Morgan fingerprint density at radius 2 is 2.00 bits per heavy atom. The van der Waals surface area contributed by atoms with Crippen molar-refractivity contribution in [3.8, 4) is 10.4 Å². The largest absolute Gasteiger partial charge is 0.462 e. The second-order valence-corrected chi connectivity index (χ2v) is 5.95. The van der Waals surface area contributed by atoms with Crippen molar-refractivity contribution in [1.82, 2.24) is 0 Å². The van der Waals surface area contributed by atoms with E-state index in [1.165, 1.54) is 0 Å². The summed E-state index contributed by atoms with van der Waals surface area (Å²) in [6, 6.07) is 12.3. The number of carbonyl (C=O) groups is 1. The van der Waals surface area contributed by atoms with E-state index in [2.05, 4.69) is 19.2 Å². The summed E-state index contributed by atoms with van der Waals surface area (Å²) in [5.74, 6) is -0.262. The molecular weight excluding hydrogens is 282 g/mol. The van der Waals surface area contributed by atoms with E-state index >= 15 is 0 Å².